The summed E-state index contributed by atoms with van der Waals surface area (Å²) in [6.45, 7) is 6.99. The quantitative estimate of drug-likeness (QED) is 0.567. The molecule has 15 heavy (non-hydrogen) atoms. The number of quaternary nitrogens is 1. The summed E-state index contributed by atoms with van der Waals surface area (Å²) in [4.78, 5) is 0. The fourth-order valence-electron chi connectivity index (χ4n) is 2.16. The molecule has 0 fully saturated rings. The second-order valence-electron chi connectivity index (χ2n) is 4.32. The molecule has 0 aromatic heterocycles. The summed E-state index contributed by atoms with van der Waals surface area (Å²) in [5.41, 5.74) is 1.44. The van der Waals surface area contributed by atoms with E-state index < -0.39 is 0 Å². The predicted octanol–water partition coefficient (Wildman–Crippen LogP) is 4.05. The van der Waals surface area contributed by atoms with Crippen molar-refractivity contribution in [2.75, 3.05) is 20.1 Å². The van der Waals surface area contributed by atoms with Crippen molar-refractivity contribution in [3.8, 4) is 0 Å². The van der Waals surface area contributed by atoms with Crippen LogP contribution in [0.3, 0.4) is 0 Å². The van der Waals surface area contributed by atoms with Crippen molar-refractivity contribution < 1.29 is 0 Å². The third kappa shape index (κ3) is 3.45. The molecule has 1 aromatic rings. The van der Waals surface area contributed by atoms with Gasteiger partial charge in [-0.3, -0.25) is 4.48 Å². The van der Waals surface area contributed by atoms with Crippen molar-refractivity contribution in [2.45, 2.75) is 26.7 Å². The Kier molecular flexibility index (Phi) is 5.06. The Bertz CT molecular complexity index is 286. The van der Waals surface area contributed by atoms with Crippen molar-refractivity contribution in [1.29, 1.82) is 0 Å². The average molecular weight is 322 g/mol. The van der Waals surface area contributed by atoms with Gasteiger partial charge in [0.05, 0.1) is 20.1 Å². The summed E-state index contributed by atoms with van der Waals surface area (Å²) < 4.78 is 2.39. The van der Waals surface area contributed by atoms with E-state index in [-0.39, 0.29) is 0 Å². The molecule has 0 heterocycles. The van der Waals surface area contributed by atoms with E-state index in [1.807, 2.05) is 0 Å². The lowest BCUT2D eigenvalue weighted by molar-refractivity contribution is 0.330. The molecular weight excluding hydrogens is 301 g/mol. The summed E-state index contributed by atoms with van der Waals surface area (Å²) in [5.74, 6) is 0. The van der Waals surface area contributed by atoms with Crippen LogP contribution in [0.25, 0.3) is 0 Å². The Morgan fingerprint density at radius 1 is 1.00 bits per heavy atom. The SMILES string of the molecule is CCC[N+](C)(CCC)c1ccc([131I])cc1. The van der Waals surface area contributed by atoms with Gasteiger partial charge in [-0.1, -0.05) is 13.8 Å². The smallest absolute Gasteiger partial charge is 0.132 e. The topological polar surface area (TPSA) is 0 Å². The Morgan fingerprint density at radius 3 is 1.87 bits per heavy atom. The van der Waals surface area contributed by atoms with Gasteiger partial charge in [0.15, 0.2) is 0 Å². The summed E-state index contributed by atoms with van der Waals surface area (Å²) in [6, 6.07) is 8.95. The molecule has 0 radical (unpaired) electrons. The monoisotopic (exact) mass is 322 g/mol. The maximum Gasteiger partial charge on any atom is 0.132 e. The van der Waals surface area contributed by atoms with Gasteiger partial charge in [-0.15, -0.1) is 0 Å². The molecule has 0 unspecified atom stereocenters. The van der Waals surface area contributed by atoms with Gasteiger partial charge in [0, 0.05) is 15.7 Å². The van der Waals surface area contributed by atoms with E-state index in [2.05, 4.69) is 67.8 Å². The van der Waals surface area contributed by atoms with Gasteiger partial charge in [0.25, 0.3) is 0 Å². The first kappa shape index (κ1) is 13.0. The Hall–Kier alpha value is -0.0900. The van der Waals surface area contributed by atoms with Gasteiger partial charge < -0.3 is 0 Å². The lowest BCUT2D eigenvalue weighted by Gasteiger charge is -2.33. The van der Waals surface area contributed by atoms with Crippen LogP contribution in [0.4, 0.5) is 5.69 Å². The zero-order valence-electron chi connectivity index (χ0n) is 9.96. The van der Waals surface area contributed by atoms with E-state index in [1.54, 1.807) is 0 Å². The lowest BCUT2D eigenvalue weighted by atomic mass is 10.2. The molecule has 0 aliphatic carbocycles. The first-order valence-electron chi connectivity index (χ1n) is 5.73. The Labute approximate surface area is 107 Å². The molecule has 2 heteroatoms. The molecule has 1 rings (SSSR count). The van der Waals surface area contributed by atoms with Gasteiger partial charge >= 0.3 is 0 Å². The Balaban J connectivity index is 2.92. The van der Waals surface area contributed by atoms with Crippen molar-refractivity contribution in [3.63, 3.8) is 0 Å². The lowest BCUT2D eigenvalue weighted by Crippen LogP contribution is -2.46. The molecule has 0 saturated carbocycles. The van der Waals surface area contributed by atoms with E-state index in [9.17, 15) is 0 Å². The highest BCUT2D eigenvalue weighted by atomic mass is 131. The first-order chi connectivity index (χ1) is 7.12. The van der Waals surface area contributed by atoms with Crippen LogP contribution in [0.2, 0.25) is 0 Å². The van der Waals surface area contributed by atoms with Crippen LogP contribution in [0, 0.1) is 3.57 Å². The number of hydrogen-bond acceptors (Lipinski definition) is 0. The van der Waals surface area contributed by atoms with Crippen LogP contribution >= 0.6 is 22.6 Å². The molecule has 0 saturated heterocycles. The third-order valence-corrected chi connectivity index (χ3v) is 3.60. The predicted molar refractivity (Wildman–Crippen MR) is 77.2 cm³/mol. The second kappa shape index (κ2) is 5.85. The van der Waals surface area contributed by atoms with Crippen LogP contribution in [0.1, 0.15) is 26.7 Å². The first-order valence-corrected chi connectivity index (χ1v) is 6.81. The van der Waals surface area contributed by atoms with E-state index in [4.69, 9.17) is 0 Å². The summed E-state index contributed by atoms with van der Waals surface area (Å²) in [6.07, 6.45) is 2.48. The molecule has 0 amide bonds. The number of halogens is 1. The van der Waals surface area contributed by atoms with Crippen LogP contribution in [0.15, 0.2) is 24.3 Å². The summed E-state index contributed by atoms with van der Waals surface area (Å²) >= 11 is 2.36. The van der Waals surface area contributed by atoms with Crippen LogP contribution in [-0.4, -0.2) is 20.1 Å². The molecule has 1 nitrogen and oxygen atoms in total. The van der Waals surface area contributed by atoms with E-state index in [0.717, 1.165) is 4.48 Å². The highest BCUT2D eigenvalue weighted by Gasteiger charge is 2.22. The minimum absolute atomic E-state index is 1.07. The fraction of sp³-hybridized carbons (Fsp3) is 0.538. The summed E-state index contributed by atoms with van der Waals surface area (Å²) in [7, 11) is 2.34. The van der Waals surface area contributed by atoms with E-state index in [1.165, 1.54) is 35.2 Å². The zero-order valence-corrected chi connectivity index (χ0v) is 12.1. The average Bonchev–Trinajstić information content (AvgIpc) is 2.19. The van der Waals surface area contributed by atoms with Gasteiger partial charge in [0.1, 0.15) is 5.69 Å². The molecule has 0 N–H and O–H groups in total. The normalized spacial score (nSPS) is 11.7. The van der Waals surface area contributed by atoms with Crippen molar-refractivity contribution >= 4 is 28.3 Å². The van der Waals surface area contributed by atoms with Crippen LogP contribution < -0.4 is 4.48 Å². The molecule has 0 atom stereocenters. The molecular formula is C13H21IN+. The number of nitrogens with zero attached hydrogens (tertiary/aromatic N) is 1. The summed E-state index contributed by atoms with van der Waals surface area (Å²) in [5, 5.41) is 0. The minimum atomic E-state index is 1.07. The third-order valence-electron chi connectivity index (χ3n) is 2.88. The Morgan fingerprint density at radius 2 is 1.47 bits per heavy atom. The molecule has 0 spiro atoms. The van der Waals surface area contributed by atoms with Crippen LogP contribution in [0.5, 0.6) is 0 Å². The molecule has 0 bridgehead atoms. The molecule has 0 aliphatic rings. The number of hydrogen-bond donors (Lipinski definition) is 0. The standard InChI is InChI=1S/C13H21IN/c1-4-10-15(3,11-5-2)13-8-6-12(14)7-9-13/h6-9H,4-5,10-11H2,1-3H3/q+1/i14+4. The zero-order chi connectivity index (χ0) is 11.3. The highest BCUT2D eigenvalue weighted by Crippen LogP contribution is 2.23. The van der Waals surface area contributed by atoms with E-state index >= 15 is 0 Å². The minimum Gasteiger partial charge on any atom is -0.294 e. The van der Waals surface area contributed by atoms with E-state index in [0.29, 0.717) is 0 Å². The number of benzene rings is 1. The molecule has 1 aromatic carbocycles. The maximum atomic E-state index is 2.36. The van der Waals surface area contributed by atoms with Crippen molar-refractivity contribution in [1.82, 2.24) is 4.48 Å². The molecule has 0 aliphatic heterocycles. The largest absolute Gasteiger partial charge is 0.294 e. The van der Waals surface area contributed by atoms with Gasteiger partial charge in [0.2, 0.25) is 0 Å². The fourth-order valence-corrected chi connectivity index (χ4v) is 2.52. The highest BCUT2D eigenvalue weighted by molar-refractivity contribution is 14.1. The van der Waals surface area contributed by atoms with Crippen molar-refractivity contribution in [2.24, 2.45) is 0 Å². The molecule has 84 valence electrons. The van der Waals surface area contributed by atoms with Gasteiger partial charge in [-0.05, 0) is 47.6 Å². The van der Waals surface area contributed by atoms with Gasteiger partial charge in [-0.25, -0.2) is 0 Å². The maximum absolute atomic E-state index is 2.36. The van der Waals surface area contributed by atoms with Crippen LogP contribution in [-0.2, 0) is 0 Å². The second-order valence-corrected chi connectivity index (χ2v) is 5.57. The van der Waals surface area contributed by atoms with Crippen molar-refractivity contribution in [3.05, 3.63) is 27.8 Å². The van der Waals surface area contributed by atoms with Gasteiger partial charge in [-0.2, -0.15) is 0 Å². The number of rotatable bonds is 5.